The summed E-state index contributed by atoms with van der Waals surface area (Å²) in [5.41, 5.74) is 2.35. The van der Waals surface area contributed by atoms with Crippen molar-refractivity contribution in [3.8, 4) is 5.75 Å². The van der Waals surface area contributed by atoms with Crippen LogP contribution in [0.2, 0.25) is 0 Å². The number of rotatable bonds is 8. The van der Waals surface area contributed by atoms with E-state index in [0.29, 0.717) is 0 Å². The number of benzene rings is 1. The van der Waals surface area contributed by atoms with E-state index in [2.05, 4.69) is 12.5 Å². The number of aliphatic hydroxyl groups is 2. The van der Waals surface area contributed by atoms with E-state index < -0.39 is 0 Å². The molecule has 0 saturated heterocycles. The molecule has 0 amide bonds. The lowest BCUT2D eigenvalue weighted by molar-refractivity contribution is 0.287. The van der Waals surface area contributed by atoms with Gasteiger partial charge in [0.15, 0.2) is 0 Å². The molecule has 3 nitrogen and oxygen atoms in total. The minimum Gasteiger partial charge on any atom is -0.496 e. The summed E-state index contributed by atoms with van der Waals surface area (Å²) in [6, 6.07) is 6.12. The fourth-order valence-electron chi connectivity index (χ4n) is 1.78. The van der Waals surface area contributed by atoms with Crippen molar-refractivity contribution >= 4 is 0 Å². The first-order chi connectivity index (χ1) is 8.31. The maximum absolute atomic E-state index is 8.86. The molecule has 95 valence electrons. The fraction of sp³-hybridized carbons (Fsp3) is 0.500. The smallest absolute Gasteiger partial charge is 0.122 e. The minimum atomic E-state index is 0.198. The molecule has 0 aromatic heterocycles. The number of aryl methyl sites for hydroxylation is 1. The monoisotopic (exact) mass is 237 g/mol. The fourth-order valence-corrected chi connectivity index (χ4v) is 1.78. The maximum atomic E-state index is 8.86. The lowest BCUT2D eigenvalue weighted by Crippen LogP contribution is -1.97. The molecule has 17 heavy (non-hydrogen) atoms. The summed E-state index contributed by atoms with van der Waals surface area (Å²) in [7, 11) is 1.66. The van der Waals surface area contributed by atoms with Crippen LogP contribution in [0.5, 0.6) is 5.75 Å². The Balaban J connectivity index is 2.66. The van der Waals surface area contributed by atoms with E-state index in [1.54, 1.807) is 7.11 Å². The largest absolute Gasteiger partial charge is 0.496 e. The zero-order valence-electron chi connectivity index (χ0n) is 10.4. The van der Waals surface area contributed by atoms with Crippen LogP contribution in [-0.2, 0) is 12.8 Å². The van der Waals surface area contributed by atoms with Crippen molar-refractivity contribution in [3.63, 3.8) is 0 Å². The molecule has 1 radical (unpaired) electrons. The van der Waals surface area contributed by atoms with Gasteiger partial charge in [-0.25, -0.2) is 0 Å². The molecule has 0 unspecified atom stereocenters. The van der Waals surface area contributed by atoms with Crippen LogP contribution in [0.15, 0.2) is 18.2 Å². The Morgan fingerprint density at radius 1 is 1.24 bits per heavy atom. The number of hydrogen-bond acceptors (Lipinski definition) is 3. The van der Waals surface area contributed by atoms with E-state index in [1.165, 1.54) is 5.56 Å². The highest BCUT2D eigenvalue weighted by molar-refractivity contribution is 5.37. The van der Waals surface area contributed by atoms with Gasteiger partial charge in [0.1, 0.15) is 5.75 Å². The average molecular weight is 237 g/mol. The summed E-state index contributed by atoms with van der Waals surface area (Å²) in [6.45, 7) is 0.400. The standard InChI is InChI=1S/C14H21O3/c1-17-14-8-7-12(5-2-3-9-15)11-13(14)6-4-10-16/h2,7-8,11,15-16H,3-6,9-10H2,1H3. The summed E-state index contributed by atoms with van der Waals surface area (Å²) in [6.07, 6.45) is 5.22. The van der Waals surface area contributed by atoms with Gasteiger partial charge in [-0.15, -0.1) is 0 Å². The Bertz CT molecular complexity index is 323. The zero-order valence-corrected chi connectivity index (χ0v) is 10.4. The van der Waals surface area contributed by atoms with Gasteiger partial charge in [-0.2, -0.15) is 0 Å². The molecule has 1 aromatic rings. The lowest BCUT2D eigenvalue weighted by atomic mass is 10.0. The van der Waals surface area contributed by atoms with E-state index in [9.17, 15) is 0 Å². The first-order valence-electron chi connectivity index (χ1n) is 6.01. The predicted octanol–water partition coefficient (Wildman–Crippen LogP) is 1.75. The van der Waals surface area contributed by atoms with Crippen LogP contribution in [-0.4, -0.2) is 30.5 Å². The van der Waals surface area contributed by atoms with Crippen molar-refractivity contribution in [2.45, 2.75) is 25.7 Å². The second kappa shape index (κ2) is 8.09. The molecule has 0 saturated carbocycles. The van der Waals surface area contributed by atoms with Crippen molar-refractivity contribution < 1.29 is 14.9 Å². The Morgan fingerprint density at radius 3 is 2.71 bits per heavy atom. The normalized spacial score (nSPS) is 10.5. The van der Waals surface area contributed by atoms with E-state index in [1.807, 2.05) is 12.1 Å². The summed E-state index contributed by atoms with van der Waals surface area (Å²) >= 11 is 0. The van der Waals surface area contributed by atoms with Crippen molar-refractivity contribution in [3.05, 3.63) is 35.7 Å². The molecule has 1 aromatic carbocycles. The third-order valence-electron chi connectivity index (χ3n) is 2.66. The quantitative estimate of drug-likeness (QED) is 0.677. The van der Waals surface area contributed by atoms with E-state index >= 15 is 0 Å². The summed E-state index contributed by atoms with van der Waals surface area (Å²) in [5, 5.41) is 17.6. The Morgan fingerprint density at radius 2 is 2.06 bits per heavy atom. The van der Waals surface area contributed by atoms with Crippen molar-refractivity contribution in [1.29, 1.82) is 0 Å². The molecule has 0 aliphatic rings. The predicted molar refractivity (Wildman–Crippen MR) is 68.1 cm³/mol. The van der Waals surface area contributed by atoms with Gasteiger partial charge in [-0.05, 0) is 49.3 Å². The SMILES string of the molecule is COc1ccc(C[CH]CCO)cc1CCCO. The molecule has 0 aliphatic heterocycles. The molecular weight excluding hydrogens is 216 g/mol. The molecule has 1 rings (SSSR count). The summed E-state index contributed by atoms with van der Waals surface area (Å²) in [4.78, 5) is 0. The first-order valence-corrected chi connectivity index (χ1v) is 6.01. The Kier molecular flexibility index (Phi) is 6.67. The summed E-state index contributed by atoms with van der Waals surface area (Å²) < 4.78 is 5.29. The van der Waals surface area contributed by atoms with Gasteiger partial charge < -0.3 is 14.9 Å². The van der Waals surface area contributed by atoms with Gasteiger partial charge in [-0.3, -0.25) is 0 Å². The molecule has 0 fully saturated rings. The molecule has 3 heteroatoms. The lowest BCUT2D eigenvalue weighted by Gasteiger charge is -2.10. The topological polar surface area (TPSA) is 49.7 Å². The van der Waals surface area contributed by atoms with Gasteiger partial charge in [-0.1, -0.05) is 12.1 Å². The summed E-state index contributed by atoms with van der Waals surface area (Å²) in [5.74, 6) is 0.879. The number of ether oxygens (including phenoxy) is 1. The van der Waals surface area contributed by atoms with Crippen LogP contribution in [0, 0.1) is 6.42 Å². The number of methoxy groups -OCH3 is 1. The van der Waals surface area contributed by atoms with E-state index in [-0.39, 0.29) is 13.2 Å². The van der Waals surface area contributed by atoms with E-state index in [4.69, 9.17) is 14.9 Å². The maximum Gasteiger partial charge on any atom is 0.122 e. The van der Waals surface area contributed by atoms with Crippen LogP contribution >= 0.6 is 0 Å². The highest BCUT2D eigenvalue weighted by Gasteiger charge is 2.04. The second-order valence-corrected chi connectivity index (χ2v) is 3.98. The molecule has 0 bridgehead atoms. The van der Waals surface area contributed by atoms with Gasteiger partial charge in [0.05, 0.1) is 7.11 Å². The molecule has 0 spiro atoms. The highest BCUT2D eigenvalue weighted by Crippen LogP contribution is 2.22. The third kappa shape index (κ3) is 4.75. The number of unbranched alkanes of at least 4 members (excludes halogenated alkanes) is 1. The van der Waals surface area contributed by atoms with Gasteiger partial charge in [0, 0.05) is 13.2 Å². The van der Waals surface area contributed by atoms with Crippen LogP contribution in [0.1, 0.15) is 24.0 Å². The van der Waals surface area contributed by atoms with Crippen LogP contribution < -0.4 is 4.74 Å². The van der Waals surface area contributed by atoms with Crippen molar-refractivity contribution in [2.24, 2.45) is 0 Å². The van der Waals surface area contributed by atoms with Crippen molar-refractivity contribution in [1.82, 2.24) is 0 Å². The number of aliphatic hydroxyl groups excluding tert-OH is 2. The number of hydrogen-bond donors (Lipinski definition) is 2. The molecule has 0 heterocycles. The van der Waals surface area contributed by atoms with Gasteiger partial charge in [0.2, 0.25) is 0 Å². The highest BCUT2D eigenvalue weighted by atomic mass is 16.5. The third-order valence-corrected chi connectivity index (χ3v) is 2.66. The van der Waals surface area contributed by atoms with Crippen molar-refractivity contribution in [2.75, 3.05) is 20.3 Å². The van der Waals surface area contributed by atoms with Gasteiger partial charge >= 0.3 is 0 Å². The first kappa shape index (κ1) is 14.0. The van der Waals surface area contributed by atoms with E-state index in [0.717, 1.165) is 37.0 Å². The van der Waals surface area contributed by atoms with Crippen LogP contribution in [0.25, 0.3) is 0 Å². The van der Waals surface area contributed by atoms with Gasteiger partial charge in [0.25, 0.3) is 0 Å². The molecular formula is C14H21O3. The van der Waals surface area contributed by atoms with Crippen LogP contribution in [0.4, 0.5) is 0 Å². The Hall–Kier alpha value is -1.06. The average Bonchev–Trinajstić information content (AvgIpc) is 2.37. The molecule has 0 aliphatic carbocycles. The Labute approximate surface area is 103 Å². The molecule has 2 N–H and O–H groups in total. The van der Waals surface area contributed by atoms with Crippen LogP contribution in [0.3, 0.4) is 0 Å². The minimum absolute atomic E-state index is 0.198. The second-order valence-electron chi connectivity index (χ2n) is 3.98. The zero-order chi connectivity index (χ0) is 12.5. The molecule has 0 atom stereocenters.